The molecule has 2 N–H and O–H groups in total. The van der Waals surface area contributed by atoms with E-state index in [1.807, 2.05) is 6.07 Å². The maximum absolute atomic E-state index is 13.0. The van der Waals surface area contributed by atoms with Crippen LogP contribution < -0.4 is 15.7 Å². The lowest BCUT2D eigenvalue weighted by Crippen LogP contribution is -2.31. The zero-order chi connectivity index (χ0) is 23.1. The largest absolute Gasteiger partial charge is 0.492 e. The van der Waals surface area contributed by atoms with Crippen LogP contribution in [0.5, 0.6) is 5.88 Å². The van der Waals surface area contributed by atoms with Crippen molar-refractivity contribution < 1.29 is 19.7 Å². The number of hydrogen-bond donors (Lipinski definition) is 2. The molecule has 9 nitrogen and oxygen atoms in total. The highest BCUT2D eigenvalue weighted by atomic mass is 16.7. The van der Waals surface area contributed by atoms with E-state index in [2.05, 4.69) is 12.2 Å². The number of benzene rings is 2. The van der Waals surface area contributed by atoms with Gasteiger partial charge in [0.25, 0.3) is 17.2 Å². The number of nitro groups is 1. The Morgan fingerprint density at radius 2 is 1.88 bits per heavy atom. The Morgan fingerprint density at radius 3 is 2.56 bits per heavy atom. The van der Waals surface area contributed by atoms with E-state index >= 15 is 0 Å². The van der Waals surface area contributed by atoms with Gasteiger partial charge in [0.15, 0.2) is 0 Å². The predicted octanol–water partition coefficient (Wildman–Crippen LogP) is 3.55. The number of carbonyl (C=O) groups is 1. The highest BCUT2D eigenvalue weighted by Crippen LogP contribution is 2.27. The van der Waals surface area contributed by atoms with Crippen LogP contribution in [0.1, 0.15) is 48.5 Å². The van der Waals surface area contributed by atoms with Gasteiger partial charge in [-0.25, -0.2) is 0 Å². The third kappa shape index (κ3) is 5.05. The lowest BCUT2D eigenvalue weighted by molar-refractivity contribution is -0.384. The van der Waals surface area contributed by atoms with Crippen molar-refractivity contribution in [2.24, 2.45) is 0 Å². The Bertz CT molecular complexity index is 1170. The predicted molar refractivity (Wildman–Crippen MR) is 120 cm³/mol. The van der Waals surface area contributed by atoms with Gasteiger partial charge in [-0.05, 0) is 18.1 Å². The normalized spacial score (nSPS) is 10.8. The molecule has 1 heterocycles. The molecule has 0 saturated carbocycles. The number of pyridine rings is 1. The molecule has 3 rings (SSSR count). The minimum Gasteiger partial charge on any atom is -0.492 e. The maximum Gasteiger partial charge on any atom is 0.294 e. The van der Waals surface area contributed by atoms with Crippen molar-refractivity contribution in [3.63, 3.8) is 0 Å². The first-order valence-electron chi connectivity index (χ1n) is 10.5. The standard InChI is InChI=1S/C23H25N3O6/c1-2-3-4-8-13-24-21(27)20-18-12-11-17(26(30)31)14-19(18)22(28)25(23(20)29)32-15-16-9-6-5-7-10-16/h5-7,9-12,14,29H,2-4,8,13,15H2,1H3,(H,24,27). The molecule has 9 heteroatoms. The van der Waals surface area contributed by atoms with Gasteiger partial charge in [0.1, 0.15) is 12.2 Å². The summed E-state index contributed by atoms with van der Waals surface area (Å²) in [6, 6.07) is 12.5. The van der Waals surface area contributed by atoms with Crippen LogP contribution in [0, 0.1) is 10.1 Å². The number of carbonyl (C=O) groups excluding carboxylic acids is 1. The summed E-state index contributed by atoms with van der Waals surface area (Å²) in [5.41, 5.74) is -0.532. The summed E-state index contributed by atoms with van der Waals surface area (Å²) in [7, 11) is 0. The second-order valence-electron chi connectivity index (χ2n) is 7.36. The molecule has 0 aliphatic heterocycles. The van der Waals surface area contributed by atoms with E-state index in [0.717, 1.165) is 37.3 Å². The number of amides is 1. The number of aromatic nitrogens is 1. The average Bonchev–Trinajstić information content (AvgIpc) is 2.79. The van der Waals surface area contributed by atoms with Gasteiger partial charge >= 0.3 is 0 Å². The molecule has 32 heavy (non-hydrogen) atoms. The minimum atomic E-state index is -0.795. The van der Waals surface area contributed by atoms with Gasteiger partial charge in [0.2, 0.25) is 5.88 Å². The second kappa shape index (κ2) is 10.4. The van der Waals surface area contributed by atoms with Crippen LogP contribution in [-0.4, -0.2) is 27.2 Å². The quantitative estimate of drug-likeness (QED) is 0.283. The third-order valence-electron chi connectivity index (χ3n) is 5.06. The molecular formula is C23H25N3O6. The Kier molecular flexibility index (Phi) is 7.43. The van der Waals surface area contributed by atoms with Crippen molar-refractivity contribution in [2.75, 3.05) is 6.54 Å². The highest BCUT2D eigenvalue weighted by molar-refractivity contribution is 6.09. The number of rotatable bonds is 10. The topological polar surface area (TPSA) is 124 Å². The average molecular weight is 439 g/mol. The zero-order valence-electron chi connectivity index (χ0n) is 17.7. The van der Waals surface area contributed by atoms with Crippen molar-refractivity contribution >= 4 is 22.4 Å². The zero-order valence-corrected chi connectivity index (χ0v) is 17.7. The van der Waals surface area contributed by atoms with E-state index < -0.39 is 22.3 Å². The molecule has 1 aromatic heterocycles. The molecule has 0 fully saturated rings. The van der Waals surface area contributed by atoms with Crippen LogP contribution in [0.15, 0.2) is 53.3 Å². The maximum atomic E-state index is 13.0. The molecule has 0 spiro atoms. The molecule has 3 aromatic rings. The van der Waals surface area contributed by atoms with Crippen molar-refractivity contribution in [1.29, 1.82) is 0 Å². The van der Waals surface area contributed by atoms with Crippen molar-refractivity contribution in [2.45, 2.75) is 39.2 Å². The van der Waals surface area contributed by atoms with E-state index in [1.165, 1.54) is 12.1 Å². The van der Waals surface area contributed by atoms with Crippen LogP contribution in [0.2, 0.25) is 0 Å². The fraction of sp³-hybridized carbons (Fsp3) is 0.304. The molecule has 0 radical (unpaired) electrons. The smallest absolute Gasteiger partial charge is 0.294 e. The van der Waals surface area contributed by atoms with E-state index in [9.17, 15) is 24.8 Å². The fourth-order valence-corrected chi connectivity index (χ4v) is 3.37. The number of unbranched alkanes of at least 4 members (excludes halogenated alkanes) is 3. The molecular weight excluding hydrogens is 414 g/mol. The second-order valence-corrected chi connectivity index (χ2v) is 7.36. The Balaban J connectivity index is 2.02. The number of hydrogen-bond acceptors (Lipinski definition) is 6. The molecule has 0 unspecified atom stereocenters. The monoisotopic (exact) mass is 439 g/mol. The SMILES string of the molecule is CCCCCCNC(=O)c1c(O)n(OCc2ccccc2)c(=O)c2cc([N+](=O)[O-])ccc12. The van der Waals surface area contributed by atoms with E-state index in [4.69, 9.17) is 4.84 Å². The van der Waals surface area contributed by atoms with Gasteiger partial charge in [-0.15, -0.1) is 4.73 Å². The first kappa shape index (κ1) is 22.8. The molecule has 0 saturated heterocycles. The summed E-state index contributed by atoms with van der Waals surface area (Å²) in [5, 5.41) is 24.7. The minimum absolute atomic E-state index is 0.0488. The van der Waals surface area contributed by atoms with E-state index in [1.54, 1.807) is 24.3 Å². The van der Waals surface area contributed by atoms with Gasteiger partial charge < -0.3 is 15.3 Å². The summed E-state index contributed by atoms with van der Waals surface area (Å²) in [6.07, 6.45) is 3.83. The van der Waals surface area contributed by atoms with Crippen molar-refractivity contribution in [3.8, 4) is 5.88 Å². The van der Waals surface area contributed by atoms with Crippen LogP contribution >= 0.6 is 0 Å². The van der Waals surface area contributed by atoms with E-state index in [-0.39, 0.29) is 28.6 Å². The van der Waals surface area contributed by atoms with Gasteiger partial charge in [0, 0.05) is 24.1 Å². The fourth-order valence-electron chi connectivity index (χ4n) is 3.37. The Morgan fingerprint density at radius 1 is 1.12 bits per heavy atom. The molecule has 2 aromatic carbocycles. The first-order valence-corrected chi connectivity index (χ1v) is 10.5. The Hall–Kier alpha value is -3.88. The molecule has 0 bridgehead atoms. The summed E-state index contributed by atoms with van der Waals surface area (Å²) in [5.74, 6) is -1.24. The summed E-state index contributed by atoms with van der Waals surface area (Å²) < 4.78 is 0.616. The summed E-state index contributed by atoms with van der Waals surface area (Å²) >= 11 is 0. The number of nitro benzene ring substituents is 1. The summed E-state index contributed by atoms with van der Waals surface area (Å²) in [4.78, 5) is 42.0. The first-order chi connectivity index (χ1) is 15.4. The van der Waals surface area contributed by atoms with Gasteiger partial charge in [-0.3, -0.25) is 19.7 Å². The van der Waals surface area contributed by atoms with Crippen LogP contribution in [-0.2, 0) is 6.61 Å². The van der Waals surface area contributed by atoms with E-state index in [0.29, 0.717) is 11.3 Å². The number of nitrogens with zero attached hydrogens (tertiary/aromatic N) is 2. The van der Waals surface area contributed by atoms with Gasteiger partial charge in [-0.2, -0.15) is 0 Å². The number of non-ortho nitro benzene ring substituents is 1. The van der Waals surface area contributed by atoms with Crippen molar-refractivity contribution in [1.82, 2.24) is 10.0 Å². The van der Waals surface area contributed by atoms with Crippen LogP contribution in [0.4, 0.5) is 5.69 Å². The summed E-state index contributed by atoms with van der Waals surface area (Å²) in [6.45, 7) is 2.43. The number of aromatic hydroxyl groups is 1. The molecule has 0 aliphatic rings. The third-order valence-corrected chi connectivity index (χ3v) is 5.06. The molecule has 0 aliphatic carbocycles. The van der Waals surface area contributed by atoms with Crippen LogP contribution in [0.3, 0.4) is 0 Å². The van der Waals surface area contributed by atoms with Gasteiger partial charge in [0.05, 0.1) is 10.3 Å². The number of fused-ring (bicyclic) bond motifs is 1. The number of nitrogens with one attached hydrogen (secondary N) is 1. The molecule has 1 amide bonds. The lowest BCUT2D eigenvalue weighted by Gasteiger charge is -2.16. The lowest BCUT2D eigenvalue weighted by atomic mass is 10.1. The van der Waals surface area contributed by atoms with Crippen molar-refractivity contribution in [3.05, 3.63) is 80.1 Å². The Labute approximate surface area is 184 Å². The van der Waals surface area contributed by atoms with Crippen LogP contribution in [0.25, 0.3) is 10.8 Å². The van der Waals surface area contributed by atoms with Gasteiger partial charge in [-0.1, -0.05) is 56.5 Å². The highest BCUT2D eigenvalue weighted by Gasteiger charge is 2.24. The molecule has 168 valence electrons. The molecule has 0 atom stereocenters.